The molecule has 162 valence electrons. The van der Waals surface area contributed by atoms with Crippen LogP contribution in [0.3, 0.4) is 0 Å². The monoisotopic (exact) mass is 460 g/mol. The lowest BCUT2D eigenvalue weighted by atomic mass is 10.1. The topological polar surface area (TPSA) is 82.8 Å². The first-order chi connectivity index (χ1) is 15.0. The Morgan fingerprint density at radius 1 is 1.29 bits per heavy atom. The molecule has 0 aliphatic carbocycles. The minimum Gasteiger partial charge on any atom is -0.497 e. The molecule has 7 nitrogen and oxygen atoms in total. The summed E-state index contributed by atoms with van der Waals surface area (Å²) in [4.78, 5) is 17.6. The standard InChI is InChI=1S/C22H21ClN2O5S/c1-13(10-31-16-5-3-15(28-2)4-6-16)20-21(22(26)27)25(11-24-20)9-14-7-18-19(8-17(14)23)30-12-29-18/h3-8,11,13H,9-10,12H2,1-2H3,(H,26,27). The van der Waals surface area contributed by atoms with Crippen molar-refractivity contribution in [1.82, 2.24) is 9.55 Å². The van der Waals surface area contributed by atoms with Crippen LogP contribution in [-0.2, 0) is 6.54 Å². The average molecular weight is 461 g/mol. The predicted molar refractivity (Wildman–Crippen MR) is 118 cm³/mol. The lowest BCUT2D eigenvalue weighted by molar-refractivity contribution is 0.0684. The molecule has 0 amide bonds. The maximum Gasteiger partial charge on any atom is 0.354 e. The Kier molecular flexibility index (Phi) is 6.29. The fourth-order valence-corrected chi connectivity index (χ4v) is 4.49. The van der Waals surface area contributed by atoms with Gasteiger partial charge in [-0.15, -0.1) is 11.8 Å². The van der Waals surface area contributed by atoms with Gasteiger partial charge in [-0.05, 0) is 35.9 Å². The van der Waals surface area contributed by atoms with Gasteiger partial charge in [-0.1, -0.05) is 18.5 Å². The molecule has 1 atom stereocenters. The third-order valence-corrected chi connectivity index (χ3v) is 6.60. The van der Waals surface area contributed by atoms with Gasteiger partial charge in [-0.2, -0.15) is 0 Å². The van der Waals surface area contributed by atoms with E-state index in [1.54, 1.807) is 41.9 Å². The van der Waals surface area contributed by atoms with Crippen LogP contribution in [0, 0.1) is 0 Å². The van der Waals surface area contributed by atoms with Gasteiger partial charge in [0.25, 0.3) is 0 Å². The molecule has 31 heavy (non-hydrogen) atoms. The van der Waals surface area contributed by atoms with Gasteiger partial charge in [-0.3, -0.25) is 0 Å². The zero-order chi connectivity index (χ0) is 22.0. The fraction of sp³-hybridized carbons (Fsp3) is 0.273. The molecule has 1 aliphatic rings. The summed E-state index contributed by atoms with van der Waals surface area (Å²) in [5.74, 6) is 1.58. The molecule has 0 radical (unpaired) electrons. The number of ether oxygens (including phenoxy) is 3. The molecular formula is C22H21ClN2O5S. The normalized spacial score (nSPS) is 13.3. The Hall–Kier alpha value is -2.84. The number of rotatable bonds is 8. The van der Waals surface area contributed by atoms with Gasteiger partial charge in [0, 0.05) is 27.7 Å². The van der Waals surface area contributed by atoms with E-state index in [9.17, 15) is 9.90 Å². The first-order valence-electron chi connectivity index (χ1n) is 9.59. The van der Waals surface area contributed by atoms with Crippen molar-refractivity contribution in [2.75, 3.05) is 19.7 Å². The van der Waals surface area contributed by atoms with Gasteiger partial charge < -0.3 is 23.9 Å². The number of benzene rings is 2. The molecule has 2 aromatic carbocycles. The van der Waals surface area contributed by atoms with Gasteiger partial charge in [0.1, 0.15) is 5.75 Å². The minimum atomic E-state index is -1.02. The number of carboxylic acid groups (broad SMARTS) is 1. The van der Waals surface area contributed by atoms with E-state index in [1.165, 1.54) is 0 Å². The van der Waals surface area contributed by atoms with Crippen molar-refractivity contribution in [3.63, 3.8) is 0 Å². The van der Waals surface area contributed by atoms with E-state index in [0.717, 1.165) is 16.2 Å². The molecule has 1 N–H and O–H groups in total. The van der Waals surface area contributed by atoms with Crippen LogP contribution < -0.4 is 14.2 Å². The maximum atomic E-state index is 12.1. The van der Waals surface area contributed by atoms with Crippen LogP contribution in [0.25, 0.3) is 0 Å². The largest absolute Gasteiger partial charge is 0.497 e. The van der Waals surface area contributed by atoms with Crippen molar-refractivity contribution in [3.05, 3.63) is 64.7 Å². The lowest BCUT2D eigenvalue weighted by Gasteiger charge is -2.13. The quantitative estimate of drug-likeness (QED) is 0.478. The van der Waals surface area contributed by atoms with Gasteiger partial charge >= 0.3 is 5.97 Å². The average Bonchev–Trinajstić information content (AvgIpc) is 3.39. The Morgan fingerprint density at radius 3 is 2.68 bits per heavy atom. The van der Waals surface area contributed by atoms with Crippen LogP contribution in [0.2, 0.25) is 5.02 Å². The van der Waals surface area contributed by atoms with Crippen molar-refractivity contribution in [2.45, 2.75) is 24.3 Å². The van der Waals surface area contributed by atoms with Gasteiger partial charge in [-0.25, -0.2) is 9.78 Å². The Balaban J connectivity index is 1.52. The van der Waals surface area contributed by atoms with Crippen LogP contribution in [0.1, 0.15) is 34.6 Å². The molecule has 0 saturated carbocycles. The second kappa shape index (κ2) is 9.11. The third kappa shape index (κ3) is 4.60. The van der Waals surface area contributed by atoms with Crippen LogP contribution in [0.4, 0.5) is 0 Å². The van der Waals surface area contributed by atoms with Crippen molar-refractivity contribution in [1.29, 1.82) is 0 Å². The highest BCUT2D eigenvalue weighted by Crippen LogP contribution is 2.37. The van der Waals surface area contributed by atoms with E-state index in [2.05, 4.69) is 4.98 Å². The van der Waals surface area contributed by atoms with Crippen molar-refractivity contribution in [2.24, 2.45) is 0 Å². The van der Waals surface area contributed by atoms with Crippen molar-refractivity contribution >= 4 is 29.3 Å². The number of hydrogen-bond donors (Lipinski definition) is 1. The van der Waals surface area contributed by atoms with E-state index in [0.29, 0.717) is 28.0 Å². The number of nitrogens with zero attached hydrogens (tertiary/aromatic N) is 2. The van der Waals surface area contributed by atoms with Gasteiger partial charge in [0.15, 0.2) is 17.2 Å². The molecule has 3 aromatic rings. The zero-order valence-corrected chi connectivity index (χ0v) is 18.6. The highest BCUT2D eigenvalue weighted by Gasteiger charge is 2.24. The summed E-state index contributed by atoms with van der Waals surface area (Å²) in [6, 6.07) is 11.2. The molecule has 0 bridgehead atoms. The number of hydrogen-bond acceptors (Lipinski definition) is 6. The molecule has 0 spiro atoms. The number of carboxylic acids is 1. The molecule has 1 aliphatic heterocycles. The summed E-state index contributed by atoms with van der Waals surface area (Å²) in [6.45, 7) is 2.39. The van der Waals surface area contributed by atoms with Gasteiger partial charge in [0.2, 0.25) is 6.79 Å². The number of aromatic nitrogens is 2. The maximum absolute atomic E-state index is 12.1. The summed E-state index contributed by atoms with van der Waals surface area (Å²) in [5.41, 5.74) is 1.44. The fourth-order valence-electron chi connectivity index (χ4n) is 3.35. The summed E-state index contributed by atoms with van der Waals surface area (Å²) < 4.78 is 17.5. The second-order valence-electron chi connectivity index (χ2n) is 7.10. The van der Waals surface area contributed by atoms with Crippen molar-refractivity contribution in [3.8, 4) is 17.2 Å². The molecular weight excluding hydrogens is 440 g/mol. The number of methoxy groups -OCH3 is 1. The van der Waals surface area contributed by atoms with Crippen LogP contribution in [0.15, 0.2) is 47.6 Å². The predicted octanol–water partition coefficient (Wildman–Crippen LogP) is 4.92. The molecule has 1 aromatic heterocycles. The molecule has 9 heteroatoms. The van der Waals surface area contributed by atoms with E-state index < -0.39 is 5.97 Å². The number of fused-ring (bicyclic) bond motifs is 1. The van der Waals surface area contributed by atoms with E-state index in [4.69, 9.17) is 25.8 Å². The molecule has 4 rings (SSSR count). The smallest absolute Gasteiger partial charge is 0.354 e. The molecule has 0 fully saturated rings. The van der Waals surface area contributed by atoms with Crippen LogP contribution in [0.5, 0.6) is 17.2 Å². The Bertz CT molecular complexity index is 1100. The van der Waals surface area contributed by atoms with Crippen molar-refractivity contribution < 1.29 is 24.1 Å². The first kappa shape index (κ1) is 21.4. The highest BCUT2D eigenvalue weighted by molar-refractivity contribution is 7.99. The zero-order valence-electron chi connectivity index (χ0n) is 17.0. The number of aromatic carboxylic acids is 1. The Morgan fingerprint density at radius 2 is 2.00 bits per heavy atom. The van der Waals surface area contributed by atoms with E-state index in [-0.39, 0.29) is 24.9 Å². The number of thioether (sulfide) groups is 1. The molecule has 0 saturated heterocycles. The summed E-state index contributed by atoms with van der Waals surface area (Å²) in [7, 11) is 1.63. The summed E-state index contributed by atoms with van der Waals surface area (Å²) in [6.07, 6.45) is 1.55. The minimum absolute atomic E-state index is 0.0633. The first-order valence-corrected chi connectivity index (χ1v) is 11.0. The van der Waals surface area contributed by atoms with Crippen LogP contribution in [-0.4, -0.2) is 40.3 Å². The van der Waals surface area contributed by atoms with E-state index >= 15 is 0 Å². The van der Waals surface area contributed by atoms with E-state index in [1.807, 2.05) is 31.2 Å². The highest BCUT2D eigenvalue weighted by atomic mass is 35.5. The Labute approximate surface area is 188 Å². The number of imidazole rings is 1. The molecule has 1 unspecified atom stereocenters. The van der Waals surface area contributed by atoms with Gasteiger partial charge in [0.05, 0.1) is 25.7 Å². The lowest BCUT2D eigenvalue weighted by Crippen LogP contribution is -2.13. The second-order valence-corrected chi connectivity index (χ2v) is 8.60. The summed E-state index contributed by atoms with van der Waals surface area (Å²) in [5, 5.41) is 10.4. The summed E-state index contributed by atoms with van der Waals surface area (Å²) >= 11 is 8.01. The number of carbonyl (C=O) groups is 1. The van der Waals surface area contributed by atoms with Crippen LogP contribution >= 0.6 is 23.4 Å². The number of halogens is 1. The SMILES string of the molecule is COc1ccc(SCC(C)c2ncn(Cc3cc4c(cc3Cl)OCO4)c2C(=O)O)cc1. The molecule has 2 heterocycles. The third-order valence-electron chi connectivity index (χ3n) is 4.98.